The second-order valence-electron chi connectivity index (χ2n) is 6.86. The second-order valence-corrected chi connectivity index (χ2v) is 7.76. The van der Waals surface area contributed by atoms with Crippen molar-refractivity contribution < 1.29 is 14.1 Å². The maximum atomic E-state index is 12.8. The molecular weight excluding hydrogens is 374 g/mol. The third-order valence-corrected chi connectivity index (χ3v) is 5.04. The molecule has 0 aliphatic carbocycles. The van der Waals surface area contributed by atoms with E-state index in [2.05, 4.69) is 21.4 Å². The van der Waals surface area contributed by atoms with Crippen LogP contribution in [-0.4, -0.2) is 27.7 Å². The van der Waals surface area contributed by atoms with E-state index in [1.54, 1.807) is 12.3 Å². The number of ether oxygens (including phenoxy) is 1. The number of carbonyl (C=O) groups is 1. The van der Waals surface area contributed by atoms with E-state index in [1.807, 2.05) is 45.2 Å². The number of rotatable bonds is 6. The number of aromatic nitrogens is 2. The molecule has 0 fully saturated rings. The molecule has 1 unspecified atom stereocenters. The Morgan fingerprint density at radius 1 is 1.39 bits per heavy atom. The molecule has 0 bridgehead atoms. The number of terminal acetylenes is 1. The molecule has 1 aromatic carbocycles. The Morgan fingerprint density at radius 2 is 2.18 bits per heavy atom. The van der Waals surface area contributed by atoms with Crippen molar-refractivity contribution in [1.29, 1.82) is 0 Å². The number of hydrogen-bond donors (Lipinski definition) is 1. The molecular formula is C21H21N3O3S. The van der Waals surface area contributed by atoms with E-state index in [1.165, 1.54) is 18.0 Å². The van der Waals surface area contributed by atoms with E-state index in [0.29, 0.717) is 17.0 Å². The van der Waals surface area contributed by atoms with Crippen molar-refractivity contribution in [2.24, 2.45) is 0 Å². The lowest BCUT2D eigenvalue weighted by Gasteiger charge is -2.26. The molecule has 0 aliphatic heterocycles. The van der Waals surface area contributed by atoms with Crippen LogP contribution in [0.1, 0.15) is 30.7 Å². The van der Waals surface area contributed by atoms with Crippen molar-refractivity contribution in [3.8, 4) is 18.1 Å². The summed E-state index contributed by atoms with van der Waals surface area (Å²) in [6.07, 6.45) is 10.4. The number of nitrogens with zero attached hydrogens (tertiary/aromatic N) is 2. The molecule has 2 aromatic heterocycles. The Morgan fingerprint density at radius 3 is 2.82 bits per heavy atom. The minimum Gasteiger partial charge on any atom is -0.470 e. The van der Waals surface area contributed by atoms with Gasteiger partial charge in [-0.3, -0.25) is 9.78 Å². The molecule has 3 rings (SSSR count). The van der Waals surface area contributed by atoms with Crippen LogP contribution in [0.4, 0.5) is 0 Å². The molecule has 1 N–H and O–H groups in total. The Balaban J connectivity index is 1.82. The molecule has 0 radical (unpaired) electrons. The molecule has 2 heterocycles. The highest BCUT2D eigenvalue weighted by molar-refractivity contribution is 7.99. The van der Waals surface area contributed by atoms with Gasteiger partial charge in [0.1, 0.15) is 17.7 Å². The smallest absolute Gasteiger partial charge is 0.272 e. The lowest BCUT2D eigenvalue weighted by Crippen LogP contribution is -2.46. The standard InChI is InChI=1S/C21H21N3O3S/c1-6-14-10-15-11-16(9-13(2)18(15)22-12-14)27-20(28-5)19(25)23-21(3,4)17-7-8-26-24-17/h1,7-12,20H,2-5H3,(H,23,25). The van der Waals surface area contributed by atoms with Crippen molar-refractivity contribution >= 4 is 28.6 Å². The van der Waals surface area contributed by atoms with Gasteiger partial charge in [0, 0.05) is 23.2 Å². The summed E-state index contributed by atoms with van der Waals surface area (Å²) in [7, 11) is 0. The second kappa shape index (κ2) is 7.95. The van der Waals surface area contributed by atoms with Crippen LogP contribution < -0.4 is 10.1 Å². The maximum Gasteiger partial charge on any atom is 0.272 e. The Labute approximate surface area is 168 Å². The first kappa shape index (κ1) is 19.8. The first-order valence-corrected chi connectivity index (χ1v) is 9.92. The van der Waals surface area contributed by atoms with Gasteiger partial charge in [-0.2, -0.15) is 0 Å². The van der Waals surface area contributed by atoms with Gasteiger partial charge in [0.15, 0.2) is 0 Å². The lowest BCUT2D eigenvalue weighted by atomic mass is 10.0. The number of benzene rings is 1. The summed E-state index contributed by atoms with van der Waals surface area (Å²) in [6.45, 7) is 5.65. The zero-order valence-electron chi connectivity index (χ0n) is 16.1. The fourth-order valence-electron chi connectivity index (χ4n) is 2.84. The highest BCUT2D eigenvalue weighted by Crippen LogP contribution is 2.27. The van der Waals surface area contributed by atoms with E-state index in [0.717, 1.165) is 16.5 Å². The predicted molar refractivity (Wildman–Crippen MR) is 110 cm³/mol. The van der Waals surface area contributed by atoms with Crippen LogP contribution in [0, 0.1) is 19.3 Å². The van der Waals surface area contributed by atoms with E-state index in [9.17, 15) is 4.79 Å². The van der Waals surface area contributed by atoms with Crippen molar-refractivity contribution in [3.63, 3.8) is 0 Å². The van der Waals surface area contributed by atoms with Crippen LogP contribution in [0.5, 0.6) is 5.75 Å². The molecule has 28 heavy (non-hydrogen) atoms. The van der Waals surface area contributed by atoms with Gasteiger partial charge in [0.2, 0.25) is 5.44 Å². The van der Waals surface area contributed by atoms with Gasteiger partial charge in [0.25, 0.3) is 5.91 Å². The number of carbonyl (C=O) groups excluding carboxylic acids is 1. The van der Waals surface area contributed by atoms with Crippen molar-refractivity contribution in [1.82, 2.24) is 15.5 Å². The Hall–Kier alpha value is -2.98. The first-order valence-electron chi connectivity index (χ1n) is 8.63. The van der Waals surface area contributed by atoms with Gasteiger partial charge >= 0.3 is 0 Å². The molecule has 144 valence electrons. The summed E-state index contributed by atoms with van der Waals surface area (Å²) < 4.78 is 10.9. The molecule has 3 aromatic rings. The summed E-state index contributed by atoms with van der Waals surface area (Å²) in [5.41, 5.74) is 1.70. The fraction of sp³-hybridized carbons (Fsp3) is 0.286. The summed E-state index contributed by atoms with van der Waals surface area (Å²) in [4.78, 5) is 17.2. The maximum absolute atomic E-state index is 12.8. The number of thioether (sulfide) groups is 1. The quantitative estimate of drug-likeness (QED) is 0.507. The Kier molecular flexibility index (Phi) is 5.61. The van der Waals surface area contributed by atoms with Gasteiger partial charge in [-0.15, -0.1) is 18.2 Å². The highest BCUT2D eigenvalue weighted by Gasteiger charge is 2.30. The normalized spacial score (nSPS) is 12.4. The SMILES string of the molecule is C#Cc1cnc2c(C)cc(OC(SC)C(=O)NC(C)(C)c3ccon3)cc2c1. The number of hydrogen-bond acceptors (Lipinski definition) is 6. The number of fused-ring (bicyclic) bond motifs is 1. The summed E-state index contributed by atoms with van der Waals surface area (Å²) in [5.74, 6) is 2.90. The van der Waals surface area contributed by atoms with Gasteiger partial charge in [0.05, 0.1) is 11.1 Å². The fourth-order valence-corrected chi connectivity index (χ4v) is 3.32. The largest absolute Gasteiger partial charge is 0.470 e. The molecule has 1 atom stereocenters. The van der Waals surface area contributed by atoms with E-state index in [4.69, 9.17) is 15.7 Å². The average molecular weight is 395 g/mol. The molecule has 0 saturated carbocycles. The molecule has 1 amide bonds. The monoisotopic (exact) mass is 395 g/mol. The van der Waals surface area contributed by atoms with Gasteiger partial charge < -0.3 is 14.6 Å². The molecule has 0 spiro atoms. The minimum absolute atomic E-state index is 0.256. The van der Waals surface area contributed by atoms with E-state index < -0.39 is 11.0 Å². The van der Waals surface area contributed by atoms with Crippen LogP contribution in [-0.2, 0) is 10.3 Å². The van der Waals surface area contributed by atoms with Crippen molar-refractivity contribution in [2.75, 3.05) is 6.26 Å². The summed E-state index contributed by atoms with van der Waals surface area (Å²) >= 11 is 1.30. The van der Waals surface area contributed by atoms with Crippen LogP contribution in [0.15, 0.2) is 41.2 Å². The van der Waals surface area contributed by atoms with Crippen LogP contribution in [0.2, 0.25) is 0 Å². The third kappa shape index (κ3) is 4.12. The van der Waals surface area contributed by atoms with Crippen LogP contribution in [0.25, 0.3) is 10.9 Å². The number of aryl methyl sites for hydroxylation is 1. The van der Waals surface area contributed by atoms with Crippen LogP contribution >= 0.6 is 11.8 Å². The van der Waals surface area contributed by atoms with Gasteiger partial charge in [-0.25, -0.2) is 0 Å². The topological polar surface area (TPSA) is 77.2 Å². The zero-order valence-corrected chi connectivity index (χ0v) is 17.0. The average Bonchev–Trinajstić information content (AvgIpc) is 3.21. The number of pyridine rings is 1. The zero-order chi connectivity index (χ0) is 20.3. The van der Waals surface area contributed by atoms with Gasteiger partial charge in [-0.1, -0.05) is 11.1 Å². The minimum atomic E-state index is -0.730. The van der Waals surface area contributed by atoms with E-state index in [-0.39, 0.29) is 5.91 Å². The third-order valence-electron chi connectivity index (χ3n) is 4.30. The molecule has 7 heteroatoms. The molecule has 0 saturated heterocycles. The number of nitrogens with one attached hydrogen (secondary N) is 1. The van der Waals surface area contributed by atoms with E-state index >= 15 is 0 Å². The summed E-state index contributed by atoms with van der Waals surface area (Å²) in [6, 6.07) is 7.31. The van der Waals surface area contributed by atoms with Crippen molar-refractivity contribution in [2.45, 2.75) is 31.7 Å². The van der Waals surface area contributed by atoms with Gasteiger partial charge in [-0.05, 0) is 50.8 Å². The predicted octanol–water partition coefficient (Wildman–Crippen LogP) is 3.63. The van der Waals surface area contributed by atoms with Crippen LogP contribution in [0.3, 0.4) is 0 Å². The molecule has 0 aliphatic rings. The summed E-state index contributed by atoms with van der Waals surface area (Å²) in [5, 5.41) is 7.73. The molecule has 6 nitrogen and oxygen atoms in total. The highest BCUT2D eigenvalue weighted by atomic mass is 32.2. The van der Waals surface area contributed by atoms with Crippen molar-refractivity contribution in [3.05, 3.63) is 53.5 Å². The Bertz CT molecular complexity index is 1040. The lowest BCUT2D eigenvalue weighted by molar-refractivity contribution is -0.126. The number of amides is 1. The first-order chi connectivity index (χ1) is 13.3.